The number of hydrogen-bond donors (Lipinski definition) is 1. The molecular formula is C24H26N6OS. The summed E-state index contributed by atoms with van der Waals surface area (Å²) in [4.78, 5) is 19.3. The summed E-state index contributed by atoms with van der Waals surface area (Å²) in [5.74, 6) is -0.305. The average Bonchev–Trinajstić information content (AvgIpc) is 3.44. The van der Waals surface area contributed by atoms with E-state index in [4.69, 9.17) is 5.41 Å². The van der Waals surface area contributed by atoms with E-state index >= 15 is 0 Å². The number of benzene rings is 1. The predicted octanol–water partition coefficient (Wildman–Crippen LogP) is 4.38. The van der Waals surface area contributed by atoms with Crippen LogP contribution in [0.5, 0.6) is 0 Å². The molecule has 1 fully saturated rings. The maximum absolute atomic E-state index is 12.8. The monoisotopic (exact) mass is 446 g/mol. The lowest BCUT2D eigenvalue weighted by atomic mass is 10.1. The van der Waals surface area contributed by atoms with E-state index in [1.165, 1.54) is 27.9 Å². The number of fused-ring (bicyclic) bond motifs is 1. The van der Waals surface area contributed by atoms with Crippen LogP contribution in [0.1, 0.15) is 40.9 Å². The van der Waals surface area contributed by atoms with Crippen molar-refractivity contribution < 1.29 is 4.79 Å². The summed E-state index contributed by atoms with van der Waals surface area (Å²) >= 11 is 1.38. The van der Waals surface area contributed by atoms with E-state index in [0.29, 0.717) is 5.17 Å². The van der Waals surface area contributed by atoms with Crippen molar-refractivity contribution in [3.63, 3.8) is 0 Å². The largest absolute Gasteiger partial charge is 0.349 e. The van der Waals surface area contributed by atoms with Crippen molar-refractivity contribution in [1.29, 1.82) is 5.41 Å². The van der Waals surface area contributed by atoms with E-state index in [1.54, 1.807) is 6.08 Å². The first kappa shape index (κ1) is 20.8. The normalized spacial score (nSPS) is 19.7. The summed E-state index contributed by atoms with van der Waals surface area (Å²) < 4.78 is 2.19. The number of amidine groups is 3. The van der Waals surface area contributed by atoms with Crippen molar-refractivity contribution in [2.24, 2.45) is 10.1 Å². The molecule has 4 heterocycles. The van der Waals surface area contributed by atoms with Gasteiger partial charge in [-0.25, -0.2) is 0 Å². The second kappa shape index (κ2) is 7.78. The van der Waals surface area contributed by atoms with Gasteiger partial charge in [0.2, 0.25) is 5.17 Å². The molecule has 5 rings (SSSR count). The Hall–Kier alpha value is -3.13. The van der Waals surface area contributed by atoms with Crippen LogP contribution < -0.4 is 0 Å². The third kappa shape index (κ3) is 3.48. The Labute approximate surface area is 192 Å². The summed E-state index contributed by atoms with van der Waals surface area (Å²) in [5.41, 5.74) is 6.78. The summed E-state index contributed by atoms with van der Waals surface area (Å²) in [6.45, 7) is 10.2. The lowest BCUT2D eigenvalue weighted by molar-refractivity contribution is -0.114. The van der Waals surface area contributed by atoms with Gasteiger partial charge in [0.25, 0.3) is 5.91 Å². The van der Waals surface area contributed by atoms with E-state index in [1.807, 2.05) is 6.92 Å². The smallest absolute Gasteiger partial charge is 0.283 e. The Kier molecular flexibility index (Phi) is 5.04. The zero-order valence-electron chi connectivity index (χ0n) is 18.8. The number of aliphatic imine (C=N–C) groups is 1. The molecule has 0 unspecified atom stereocenters. The first-order valence-corrected chi connectivity index (χ1v) is 11.7. The van der Waals surface area contributed by atoms with Crippen LogP contribution in [0.4, 0.5) is 0 Å². The fourth-order valence-corrected chi connectivity index (χ4v) is 5.53. The minimum atomic E-state index is -0.386. The van der Waals surface area contributed by atoms with Crippen LogP contribution in [0.2, 0.25) is 0 Å². The summed E-state index contributed by atoms with van der Waals surface area (Å²) in [5, 5.41) is 16.1. The third-order valence-electron chi connectivity index (χ3n) is 6.06. The van der Waals surface area contributed by atoms with Gasteiger partial charge in [0, 0.05) is 30.2 Å². The molecule has 1 aromatic heterocycles. The highest BCUT2D eigenvalue weighted by Crippen LogP contribution is 2.32. The van der Waals surface area contributed by atoms with Gasteiger partial charge in [0.05, 0.1) is 5.57 Å². The van der Waals surface area contributed by atoms with Crippen LogP contribution >= 0.6 is 11.8 Å². The molecule has 8 heteroatoms. The van der Waals surface area contributed by atoms with Crippen LogP contribution in [-0.2, 0) is 4.79 Å². The van der Waals surface area contributed by atoms with E-state index in [9.17, 15) is 4.79 Å². The lowest BCUT2D eigenvalue weighted by Gasteiger charge is -2.20. The van der Waals surface area contributed by atoms with Crippen LogP contribution in [-0.4, -0.2) is 49.6 Å². The Morgan fingerprint density at radius 3 is 2.38 bits per heavy atom. The SMILES string of the molecule is Cc1cc(C)cc(-n2c(C)cc(/C=C3/C(=N)N4N=C(N5CCCC5)SC4=NC3=O)c2C)c1. The van der Waals surface area contributed by atoms with Crippen LogP contribution in [0.25, 0.3) is 11.8 Å². The molecule has 0 saturated carbocycles. The van der Waals surface area contributed by atoms with Gasteiger partial charge in [-0.1, -0.05) is 6.07 Å². The van der Waals surface area contributed by atoms with Crippen molar-refractivity contribution in [3.8, 4) is 5.69 Å². The minimum Gasteiger partial charge on any atom is -0.349 e. The Morgan fingerprint density at radius 1 is 1.00 bits per heavy atom. The number of hydrazone groups is 1. The third-order valence-corrected chi connectivity index (χ3v) is 7.02. The Bertz CT molecular complexity index is 1230. The molecule has 1 amide bonds. The number of carbonyl (C=O) groups excluding carboxylic acids is 1. The second-order valence-corrected chi connectivity index (χ2v) is 9.54. The van der Waals surface area contributed by atoms with Gasteiger partial charge in [-0.05, 0) is 93.3 Å². The quantitative estimate of drug-likeness (QED) is 0.695. The molecule has 0 radical (unpaired) electrons. The molecule has 1 aromatic carbocycles. The molecule has 0 atom stereocenters. The van der Waals surface area contributed by atoms with E-state index in [-0.39, 0.29) is 17.3 Å². The molecule has 7 nitrogen and oxygen atoms in total. The number of aromatic nitrogens is 1. The van der Waals surface area contributed by atoms with Gasteiger partial charge in [-0.2, -0.15) is 10.0 Å². The standard InChI is InChI=1S/C24H26N6OS/c1-14-9-15(2)11-19(10-14)29-16(3)12-18(17(29)4)13-20-21(25)30-23(26-22(20)31)32-24(27-30)28-7-5-6-8-28/h9-13,25H,5-8H2,1-4H3/b20-13-,25-21?. The zero-order valence-corrected chi connectivity index (χ0v) is 19.6. The van der Waals surface area contributed by atoms with Crippen molar-refractivity contribution in [1.82, 2.24) is 14.5 Å². The van der Waals surface area contributed by atoms with E-state index in [0.717, 1.165) is 53.7 Å². The summed E-state index contributed by atoms with van der Waals surface area (Å²) in [6.07, 6.45) is 4.06. The van der Waals surface area contributed by atoms with E-state index in [2.05, 4.69) is 64.6 Å². The number of hydrogen-bond acceptors (Lipinski definition) is 5. The van der Waals surface area contributed by atoms with Gasteiger partial charge in [0.1, 0.15) is 0 Å². The number of nitrogens with one attached hydrogen (secondary N) is 1. The van der Waals surface area contributed by atoms with Gasteiger partial charge >= 0.3 is 0 Å². The fraction of sp³-hybridized carbons (Fsp3) is 0.333. The second-order valence-electron chi connectivity index (χ2n) is 8.60. The molecule has 32 heavy (non-hydrogen) atoms. The molecule has 1 N–H and O–H groups in total. The maximum atomic E-state index is 12.8. The number of aryl methyl sites for hydroxylation is 3. The highest BCUT2D eigenvalue weighted by molar-refractivity contribution is 8.26. The van der Waals surface area contributed by atoms with Gasteiger partial charge in [-0.15, -0.1) is 5.10 Å². The first-order valence-electron chi connectivity index (χ1n) is 10.8. The molecule has 0 bridgehead atoms. The molecule has 0 aliphatic carbocycles. The number of carbonyl (C=O) groups is 1. The predicted molar refractivity (Wildman–Crippen MR) is 131 cm³/mol. The van der Waals surface area contributed by atoms with Crippen LogP contribution in [0.15, 0.2) is 39.9 Å². The fourth-order valence-electron chi connectivity index (χ4n) is 4.58. The summed E-state index contributed by atoms with van der Waals surface area (Å²) in [7, 11) is 0. The molecule has 3 aliphatic heterocycles. The van der Waals surface area contributed by atoms with Crippen molar-refractivity contribution in [3.05, 3.63) is 57.9 Å². The highest BCUT2D eigenvalue weighted by Gasteiger charge is 2.37. The average molecular weight is 447 g/mol. The Balaban J connectivity index is 1.51. The van der Waals surface area contributed by atoms with Gasteiger partial charge in [-0.3, -0.25) is 10.2 Å². The van der Waals surface area contributed by atoms with Crippen molar-refractivity contribution in [2.45, 2.75) is 40.5 Å². The van der Waals surface area contributed by atoms with Gasteiger partial charge in [0.15, 0.2) is 11.0 Å². The zero-order chi connectivity index (χ0) is 22.6. The number of thioether (sulfide) groups is 1. The Morgan fingerprint density at radius 2 is 1.69 bits per heavy atom. The molecule has 1 saturated heterocycles. The summed E-state index contributed by atoms with van der Waals surface area (Å²) in [6, 6.07) is 8.52. The van der Waals surface area contributed by atoms with Crippen LogP contribution in [0.3, 0.4) is 0 Å². The maximum Gasteiger partial charge on any atom is 0.283 e. The molecule has 0 spiro atoms. The number of likely N-dealkylation sites (tertiary alicyclic amines) is 1. The van der Waals surface area contributed by atoms with Crippen molar-refractivity contribution >= 4 is 39.9 Å². The number of rotatable bonds is 2. The van der Waals surface area contributed by atoms with E-state index < -0.39 is 0 Å². The number of amides is 1. The van der Waals surface area contributed by atoms with Gasteiger partial charge < -0.3 is 9.47 Å². The van der Waals surface area contributed by atoms with Crippen LogP contribution in [0, 0.1) is 33.1 Å². The lowest BCUT2D eigenvalue weighted by Crippen LogP contribution is -2.35. The molecule has 164 valence electrons. The minimum absolute atomic E-state index is 0.0814. The molecule has 2 aromatic rings. The molecule has 3 aliphatic rings. The highest BCUT2D eigenvalue weighted by atomic mass is 32.2. The topological polar surface area (TPSA) is 77.1 Å². The first-order chi connectivity index (χ1) is 15.3. The number of nitrogens with zero attached hydrogens (tertiary/aromatic N) is 5. The van der Waals surface area contributed by atoms with Crippen molar-refractivity contribution in [2.75, 3.05) is 13.1 Å². The molecular weight excluding hydrogens is 420 g/mol.